The molecule has 0 aliphatic heterocycles. The molecule has 3 aromatic rings. The van der Waals surface area contributed by atoms with Gasteiger partial charge < -0.3 is 14.2 Å². The molecule has 0 saturated carbocycles. The molecule has 140 valence electrons. The summed E-state index contributed by atoms with van der Waals surface area (Å²) in [5.74, 6) is -1.22. The van der Waals surface area contributed by atoms with Gasteiger partial charge in [0.2, 0.25) is 5.88 Å². The number of hydrogen-bond donors (Lipinski definition) is 0. The maximum absolute atomic E-state index is 14.4. The molecule has 0 atom stereocenters. The Kier molecular flexibility index (Phi) is 5.82. The molecule has 7 heteroatoms. The zero-order valence-corrected chi connectivity index (χ0v) is 14.9. The van der Waals surface area contributed by atoms with E-state index in [1.165, 1.54) is 31.4 Å². The molecule has 6 nitrogen and oxygen atoms in total. The normalized spacial score (nSPS) is 10.0. The molecule has 0 amide bonds. The number of esters is 1. The summed E-state index contributed by atoms with van der Waals surface area (Å²) in [5, 5.41) is 9.04. The number of nitrogens with zero attached hydrogens (tertiary/aromatic N) is 2. The molecule has 0 spiro atoms. The van der Waals surface area contributed by atoms with Crippen LogP contribution in [0.5, 0.6) is 17.4 Å². The zero-order chi connectivity index (χ0) is 19.9. The van der Waals surface area contributed by atoms with Crippen molar-refractivity contribution in [1.29, 1.82) is 5.26 Å². The third kappa shape index (κ3) is 4.62. The molecule has 0 bridgehead atoms. The molecule has 0 aliphatic rings. The van der Waals surface area contributed by atoms with Crippen LogP contribution in [0.25, 0.3) is 0 Å². The van der Waals surface area contributed by atoms with Crippen LogP contribution in [0.3, 0.4) is 0 Å². The number of carbonyl (C=O) groups excluding carboxylic acids is 1. The molecule has 0 N–H and O–H groups in total. The minimum atomic E-state index is -0.672. The standard InChI is InChI=1S/C21H15FN2O4/c1-26-21(25)15-9-16(12-23)24-20(10-15)28-19-8-7-17(11-18(19)22)27-13-14-5-3-2-4-6-14/h2-11H,13H2,1H3. The van der Waals surface area contributed by atoms with E-state index in [1.807, 2.05) is 36.4 Å². The maximum atomic E-state index is 14.4. The van der Waals surface area contributed by atoms with Gasteiger partial charge >= 0.3 is 5.97 Å². The van der Waals surface area contributed by atoms with Crippen LogP contribution < -0.4 is 9.47 Å². The monoisotopic (exact) mass is 378 g/mol. The van der Waals surface area contributed by atoms with Gasteiger partial charge in [-0.2, -0.15) is 5.26 Å². The quantitative estimate of drug-likeness (QED) is 0.597. The number of nitriles is 1. The van der Waals surface area contributed by atoms with Gasteiger partial charge in [0, 0.05) is 12.1 Å². The predicted molar refractivity (Wildman–Crippen MR) is 97.5 cm³/mol. The summed E-state index contributed by atoms with van der Waals surface area (Å²) in [6.45, 7) is 0.300. The fraction of sp³-hybridized carbons (Fsp3) is 0.0952. The Hall–Kier alpha value is -3.92. The van der Waals surface area contributed by atoms with Gasteiger partial charge in [-0.15, -0.1) is 0 Å². The first kappa shape index (κ1) is 18.9. The largest absolute Gasteiger partial charge is 0.489 e. The number of halogens is 1. The first-order valence-electron chi connectivity index (χ1n) is 8.23. The Bertz CT molecular complexity index is 1030. The summed E-state index contributed by atoms with van der Waals surface area (Å²) in [7, 11) is 1.21. The first-order chi connectivity index (χ1) is 13.6. The van der Waals surface area contributed by atoms with E-state index in [-0.39, 0.29) is 22.9 Å². The predicted octanol–water partition coefficient (Wildman–Crippen LogP) is 4.25. The molecular formula is C21H15FN2O4. The van der Waals surface area contributed by atoms with Crippen molar-refractivity contribution in [3.8, 4) is 23.4 Å². The fourth-order valence-electron chi connectivity index (χ4n) is 2.36. The third-order valence-corrected chi connectivity index (χ3v) is 3.70. The van der Waals surface area contributed by atoms with Crippen molar-refractivity contribution in [2.75, 3.05) is 7.11 Å². The molecule has 0 radical (unpaired) electrons. The van der Waals surface area contributed by atoms with Gasteiger partial charge in [0.15, 0.2) is 11.6 Å². The van der Waals surface area contributed by atoms with Crippen LogP contribution in [-0.4, -0.2) is 18.1 Å². The molecule has 0 saturated heterocycles. The number of ether oxygens (including phenoxy) is 3. The summed E-state index contributed by atoms with van der Waals surface area (Å²) in [6.07, 6.45) is 0. The van der Waals surface area contributed by atoms with Crippen molar-refractivity contribution >= 4 is 5.97 Å². The minimum Gasteiger partial charge on any atom is -0.489 e. The number of benzene rings is 2. The van der Waals surface area contributed by atoms with Crippen LogP contribution >= 0.6 is 0 Å². The van der Waals surface area contributed by atoms with Crippen molar-refractivity contribution in [2.24, 2.45) is 0 Å². The Morgan fingerprint density at radius 1 is 1.14 bits per heavy atom. The highest BCUT2D eigenvalue weighted by Crippen LogP contribution is 2.28. The smallest absolute Gasteiger partial charge is 0.338 e. The molecule has 2 aromatic carbocycles. The van der Waals surface area contributed by atoms with Crippen LogP contribution in [0.15, 0.2) is 60.7 Å². The van der Waals surface area contributed by atoms with E-state index in [1.54, 1.807) is 6.07 Å². The van der Waals surface area contributed by atoms with Crippen molar-refractivity contribution < 1.29 is 23.4 Å². The van der Waals surface area contributed by atoms with Gasteiger partial charge in [0.25, 0.3) is 0 Å². The van der Waals surface area contributed by atoms with E-state index in [2.05, 4.69) is 9.72 Å². The number of hydrogen-bond acceptors (Lipinski definition) is 6. The van der Waals surface area contributed by atoms with E-state index in [0.29, 0.717) is 12.4 Å². The number of methoxy groups -OCH3 is 1. The second-order valence-electron chi connectivity index (χ2n) is 5.65. The summed E-state index contributed by atoms with van der Waals surface area (Å²) in [6, 6.07) is 18.0. The number of aromatic nitrogens is 1. The lowest BCUT2D eigenvalue weighted by Crippen LogP contribution is -2.04. The summed E-state index contributed by atoms with van der Waals surface area (Å²) >= 11 is 0. The molecule has 0 fully saturated rings. The van der Waals surface area contributed by atoms with Crippen LogP contribution in [-0.2, 0) is 11.3 Å². The van der Waals surface area contributed by atoms with E-state index >= 15 is 0 Å². The second-order valence-corrected chi connectivity index (χ2v) is 5.65. The average molecular weight is 378 g/mol. The summed E-state index contributed by atoms with van der Waals surface area (Å²) < 4.78 is 30.0. The zero-order valence-electron chi connectivity index (χ0n) is 14.9. The van der Waals surface area contributed by atoms with Gasteiger partial charge in [-0.1, -0.05) is 30.3 Å². The van der Waals surface area contributed by atoms with Gasteiger partial charge in [0.1, 0.15) is 24.1 Å². The maximum Gasteiger partial charge on any atom is 0.338 e. The second kappa shape index (κ2) is 8.64. The highest BCUT2D eigenvalue weighted by atomic mass is 19.1. The first-order valence-corrected chi connectivity index (χ1v) is 8.23. The molecule has 0 aliphatic carbocycles. The lowest BCUT2D eigenvalue weighted by atomic mass is 10.2. The molecule has 3 rings (SSSR count). The topological polar surface area (TPSA) is 81.4 Å². The molecule has 0 unspecified atom stereocenters. The van der Waals surface area contributed by atoms with Crippen LogP contribution in [0.1, 0.15) is 21.6 Å². The van der Waals surface area contributed by atoms with Gasteiger partial charge in [-0.05, 0) is 23.8 Å². The Morgan fingerprint density at radius 2 is 1.93 bits per heavy atom. The molecule has 28 heavy (non-hydrogen) atoms. The highest BCUT2D eigenvalue weighted by Gasteiger charge is 2.13. The van der Waals surface area contributed by atoms with E-state index in [4.69, 9.17) is 14.7 Å². The molecular weight excluding hydrogens is 363 g/mol. The highest BCUT2D eigenvalue weighted by molar-refractivity contribution is 5.89. The number of pyridine rings is 1. The van der Waals surface area contributed by atoms with Crippen molar-refractivity contribution in [2.45, 2.75) is 6.61 Å². The minimum absolute atomic E-state index is 0.0545. The fourth-order valence-corrected chi connectivity index (χ4v) is 2.36. The Balaban J connectivity index is 1.76. The Labute approximate surface area is 160 Å². The van der Waals surface area contributed by atoms with E-state index in [0.717, 1.165) is 5.56 Å². The SMILES string of the molecule is COC(=O)c1cc(C#N)nc(Oc2ccc(OCc3ccccc3)cc2F)c1. The van der Waals surface area contributed by atoms with E-state index < -0.39 is 11.8 Å². The van der Waals surface area contributed by atoms with Crippen LogP contribution in [0.2, 0.25) is 0 Å². The van der Waals surface area contributed by atoms with Crippen LogP contribution in [0, 0.1) is 17.1 Å². The lowest BCUT2D eigenvalue weighted by molar-refractivity contribution is 0.0600. The Morgan fingerprint density at radius 3 is 2.61 bits per heavy atom. The van der Waals surface area contributed by atoms with Gasteiger partial charge in [0.05, 0.1) is 12.7 Å². The van der Waals surface area contributed by atoms with Gasteiger partial charge in [-0.25, -0.2) is 14.2 Å². The third-order valence-electron chi connectivity index (χ3n) is 3.70. The lowest BCUT2D eigenvalue weighted by Gasteiger charge is -2.10. The van der Waals surface area contributed by atoms with Crippen molar-refractivity contribution in [3.63, 3.8) is 0 Å². The van der Waals surface area contributed by atoms with Crippen LogP contribution in [0.4, 0.5) is 4.39 Å². The van der Waals surface area contributed by atoms with E-state index in [9.17, 15) is 9.18 Å². The van der Waals surface area contributed by atoms with Crippen molar-refractivity contribution in [3.05, 3.63) is 83.3 Å². The molecule has 1 heterocycles. The number of carbonyl (C=O) groups is 1. The summed E-state index contributed by atoms with van der Waals surface area (Å²) in [5.41, 5.74) is 0.976. The number of rotatable bonds is 6. The average Bonchev–Trinajstić information content (AvgIpc) is 2.73. The molecule has 1 aromatic heterocycles. The summed E-state index contributed by atoms with van der Waals surface area (Å²) in [4.78, 5) is 15.6. The van der Waals surface area contributed by atoms with Crippen molar-refractivity contribution in [1.82, 2.24) is 4.98 Å². The van der Waals surface area contributed by atoms with Gasteiger partial charge in [-0.3, -0.25) is 0 Å².